The maximum absolute atomic E-state index is 11.5. The Kier molecular flexibility index (Phi) is 5.73. The maximum atomic E-state index is 11.5. The number of rotatable bonds is 6. The number of esters is 1. The van der Waals surface area contributed by atoms with Crippen LogP contribution in [0.15, 0.2) is 48.5 Å². The van der Waals surface area contributed by atoms with Crippen LogP contribution in [0.2, 0.25) is 0 Å². The van der Waals surface area contributed by atoms with Gasteiger partial charge in [0, 0.05) is 6.04 Å². The number of hydrogen-bond acceptors (Lipinski definition) is 3. The van der Waals surface area contributed by atoms with Crippen LogP contribution in [-0.4, -0.2) is 12.6 Å². The third-order valence-electron chi connectivity index (χ3n) is 3.76. The number of aryl methyl sites for hydroxylation is 1. The lowest BCUT2D eigenvalue weighted by atomic mass is 9.98. The van der Waals surface area contributed by atoms with Crippen molar-refractivity contribution in [2.45, 2.75) is 32.7 Å². The van der Waals surface area contributed by atoms with E-state index in [2.05, 4.69) is 43.3 Å². The molecule has 2 aromatic rings. The summed E-state index contributed by atoms with van der Waals surface area (Å²) in [6.07, 6.45) is 1.12. The van der Waals surface area contributed by atoms with Gasteiger partial charge < -0.3 is 10.5 Å². The molecule has 0 unspecified atom stereocenters. The monoisotopic (exact) mass is 297 g/mol. The zero-order valence-corrected chi connectivity index (χ0v) is 13.2. The van der Waals surface area contributed by atoms with Crippen LogP contribution in [-0.2, 0) is 16.0 Å². The molecule has 0 spiro atoms. The summed E-state index contributed by atoms with van der Waals surface area (Å²) in [6.45, 7) is 4.31. The van der Waals surface area contributed by atoms with Crippen LogP contribution in [0.5, 0.6) is 0 Å². The minimum atomic E-state index is -0.313. The van der Waals surface area contributed by atoms with Crippen LogP contribution in [0.3, 0.4) is 0 Å². The molecule has 0 aliphatic heterocycles. The van der Waals surface area contributed by atoms with E-state index in [1.54, 1.807) is 6.92 Å². The average Bonchev–Trinajstić information content (AvgIpc) is 2.50. The standard InChI is InChI=1S/C19H23NO2/c1-3-22-19(21)13-18(20)16-10-8-15(9-11-16)12-17-7-5-4-6-14(17)2/h4-11,18H,3,12-13,20H2,1-2H3/t18-/m0/s1. The molecular weight excluding hydrogens is 274 g/mol. The van der Waals surface area contributed by atoms with Gasteiger partial charge in [0.1, 0.15) is 0 Å². The number of nitrogens with two attached hydrogens (primary N) is 1. The maximum Gasteiger partial charge on any atom is 0.307 e. The van der Waals surface area contributed by atoms with Gasteiger partial charge in [-0.1, -0.05) is 48.5 Å². The van der Waals surface area contributed by atoms with Gasteiger partial charge in [0.25, 0.3) is 0 Å². The summed E-state index contributed by atoms with van der Waals surface area (Å²) in [6, 6.07) is 16.2. The van der Waals surface area contributed by atoms with Gasteiger partial charge in [0.15, 0.2) is 0 Å². The van der Waals surface area contributed by atoms with Crippen molar-refractivity contribution in [3.05, 3.63) is 70.8 Å². The molecule has 2 N–H and O–H groups in total. The van der Waals surface area contributed by atoms with Crippen LogP contribution in [0.4, 0.5) is 0 Å². The molecule has 0 aromatic heterocycles. The van der Waals surface area contributed by atoms with Crippen molar-refractivity contribution < 1.29 is 9.53 Å². The van der Waals surface area contributed by atoms with E-state index in [9.17, 15) is 4.79 Å². The van der Waals surface area contributed by atoms with Crippen molar-refractivity contribution in [1.82, 2.24) is 0 Å². The van der Waals surface area contributed by atoms with E-state index in [-0.39, 0.29) is 18.4 Å². The molecule has 0 aliphatic rings. The summed E-state index contributed by atoms with van der Waals surface area (Å²) in [5, 5.41) is 0. The molecule has 2 aromatic carbocycles. The Labute approximate surface area is 132 Å². The highest BCUT2D eigenvalue weighted by Crippen LogP contribution is 2.18. The van der Waals surface area contributed by atoms with Crippen molar-refractivity contribution >= 4 is 5.97 Å². The second kappa shape index (κ2) is 7.76. The van der Waals surface area contributed by atoms with Gasteiger partial charge in [-0.25, -0.2) is 0 Å². The smallest absolute Gasteiger partial charge is 0.307 e. The van der Waals surface area contributed by atoms with E-state index in [0.717, 1.165) is 12.0 Å². The van der Waals surface area contributed by atoms with E-state index in [0.29, 0.717) is 6.61 Å². The second-order valence-electron chi connectivity index (χ2n) is 5.46. The zero-order chi connectivity index (χ0) is 15.9. The molecule has 0 fully saturated rings. The van der Waals surface area contributed by atoms with Crippen molar-refractivity contribution in [3.8, 4) is 0 Å². The largest absolute Gasteiger partial charge is 0.466 e. The third kappa shape index (κ3) is 4.43. The summed E-state index contributed by atoms with van der Waals surface area (Å²) >= 11 is 0. The number of carbonyl (C=O) groups excluding carboxylic acids is 1. The molecule has 0 aliphatic carbocycles. The van der Waals surface area contributed by atoms with E-state index in [4.69, 9.17) is 10.5 Å². The molecule has 0 radical (unpaired) electrons. The van der Waals surface area contributed by atoms with Crippen LogP contribution >= 0.6 is 0 Å². The molecule has 1 atom stereocenters. The van der Waals surface area contributed by atoms with Gasteiger partial charge in [-0.15, -0.1) is 0 Å². The van der Waals surface area contributed by atoms with Crippen LogP contribution in [0, 0.1) is 6.92 Å². The van der Waals surface area contributed by atoms with E-state index in [1.165, 1.54) is 16.7 Å². The second-order valence-corrected chi connectivity index (χ2v) is 5.46. The molecule has 0 amide bonds. The Hall–Kier alpha value is -2.13. The fourth-order valence-corrected chi connectivity index (χ4v) is 2.43. The molecule has 3 heteroatoms. The fraction of sp³-hybridized carbons (Fsp3) is 0.316. The van der Waals surface area contributed by atoms with Gasteiger partial charge in [-0.05, 0) is 42.5 Å². The predicted octanol–water partition coefficient (Wildman–Crippen LogP) is 3.54. The summed E-state index contributed by atoms with van der Waals surface area (Å²) in [4.78, 5) is 11.5. The Morgan fingerprint density at radius 2 is 1.82 bits per heavy atom. The number of hydrogen-bond donors (Lipinski definition) is 1. The van der Waals surface area contributed by atoms with Gasteiger partial charge >= 0.3 is 5.97 Å². The minimum absolute atomic E-state index is 0.213. The van der Waals surface area contributed by atoms with Gasteiger partial charge in [-0.2, -0.15) is 0 Å². The Balaban J connectivity index is 2.01. The zero-order valence-electron chi connectivity index (χ0n) is 13.2. The quantitative estimate of drug-likeness (QED) is 0.830. The van der Waals surface area contributed by atoms with E-state index in [1.807, 2.05) is 12.1 Å². The van der Waals surface area contributed by atoms with Crippen LogP contribution in [0.25, 0.3) is 0 Å². The average molecular weight is 297 g/mol. The highest BCUT2D eigenvalue weighted by atomic mass is 16.5. The first kappa shape index (κ1) is 16.2. The van der Waals surface area contributed by atoms with Crippen molar-refractivity contribution in [3.63, 3.8) is 0 Å². The lowest BCUT2D eigenvalue weighted by Gasteiger charge is -2.12. The molecule has 0 bridgehead atoms. The van der Waals surface area contributed by atoms with Crippen LogP contribution < -0.4 is 5.73 Å². The van der Waals surface area contributed by atoms with Gasteiger partial charge in [-0.3, -0.25) is 4.79 Å². The highest BCUT2D eigenvalue weighted by molar-refractivity contribution is 5.70. The Morgan fingerprint density at radius 3 is 2.45 bits per heavy atom. The molecule has 0 saturated heterocycles. The summed E-state index contributed by atoms with van der Waals surface area (Å²) in [5.74, 6) is -0.251. The minimum Gasteiger partial charge on any atom is -0.466 e. The fourth-order valence-electron chi connectivity index (χ4n) is 2.43. The summed E-state index contributed by atoms with van der Waals surface area (Å²) in [5.41, 5.74) is 10.9. The van der Waals surface area contributed by atoms with Crippen LogP contribution in [0.1, 0.15) is 41.6 Å². The first-order valence-corrected chi connectivity index (χ1v) is 7.64. The van der Waals surface area contributed by atoms with E-state index < -0.39 is 0 Å². The van der Waals surface area contributed by atoms with Crippen molar-refractivity contribution in [2.24, 2.45) is 5.73 Å². The number of ether oxygens (including phenoxy) is 1. The summed E-state index contributed by atoms with van der Waals surface area (Å²) in [7, 11) is 0. The molecule has 3 nitrogen and oxygen atoms in total. The highest BCUT2D eigenvalue weighted by Gasteiger charge is 2.12. The normalized spacial score (nSPS) is 12.0. The SMILES string of the molecule is CCOC(=O)C[C@H](N)c1ccc(Cc2ccccc2C)cc1. The lowest BCUT2D eigenvalue weighted by Crippen LogP contribution is -2.17. The lowest BCUT2D eigenvalue weighted by molar-refractivity contribution is -0.143. The van der Waals surface area contributed by atoms with Crippen molar-refractivity contribution in [2.75, 3.05) is 6.61 Å². The molecule has 22 heavy (non-hydrogen) atoms. The van der Waals surface area contributed by atoms with E-state index >= 15 is 0 Å². The number of benzene rings is 2. The molecule has 2 rings (SSSR count). The Bertz CT molecular complexity index is 620. The predicted molar refractivity (Wildman–Crippen MR) is 88.6 cm³/mol. The summed E-state index contributed by atoms with van der Waals surface area (Å²) < 4.78 is 4.93. The molecule has 0 saturated carbocycles. The van der Waals surface area contributed by atoms with Gasteiger partial charge in [0.2, 0.25) is 0 Å². The molecular formula is C19H23NO2. The number of carbonyl (C=O) groups is 1. The molecule has 116 valence electrons. The first-order chi connectivity index (χ1) is 10.6. The Morgan fingerprint density at radius 1 is 1.14 bits per heavy atom. The third-order valence-corrected chi connectivity index (χ3v) is 3.76. The molecule has 0 heterocycles. The topological polar surface area (TPSA) is 52.3 Å². The first-order valence-electron chi connectivity index (χ1n) is 7.64. The van der Waals surface area contributed by atoms with Crippen molar-refractivity contribution in [1.29, 1.82) is 0 Å². The van der Waals surface area contributed by atoms with Gasteiger partial charge in [0.05, 0.1) is 13.0 Å².